The zero-order chi connectivity index (χ0) is 19.1. The van der Waals surface area contributed by atoms with Gasteiger partial charge in [-0.3, -0.25) is 4.79 Å². The van der Waals surface area contributed by atoms with E-state index in [0.29, 0.717) is 19.7 Å². The maximum atomic E-state index is 12.2. The van der Waals surface area contributed by atoms with Crippen LogP contribution in [0.4, 0.5) is 4.79 Å². The largest absolute Gasteiger partial charge is 0.497 e. The molecule has 0 aliphatic carbocycles. The third-order valence-corrected chi connectivity index (χ3v) is 4.57. The van der Waals surface area contributed by atoms with E-state index in [4.69, 9.17) is 9.47 Å². The normalized spacial score (nSPS) is 15.2. The van der Waals surface area contributed by atoms with E-state index in [2.05, 4.69) is 5.32 Å². The predicted molar refractivity (Wildman–Crippen MR) is 101 cm³/mol. The Morgan fingerprint density at radius 2 is 1.85 bits per heavy atom. The molecule has 0 spiro atoms. The number of rotatable bonds is 5. The van der Waals surface area contributed by atoms with Crippen molar-refractivity contribution < 1.29 is 19.1 Å². The molecule has 1 aromatic carbocycles. The van der Waals surface area contributed by atoms with Crippen molar-refractivity contribution in [1.29, 1.82) is 0 Å². The van der Waals surface area contributed by atoms with Gasteiger partial charge in [-0.1, -0.05) is 0 Å². The highest BCUT2D eigenvalue weighted by Crippen LogP contribution is 2.22. The minimum atomic E-state index is -0.275. The van der Waals surface area contributed by atoms with E-state index < -0.39 is 0 Å². The fourth-order valence-electron chi connectivity index (χ4n) is 3.15. The average molecular weight is 360 g/mol. The van der Waals surface area contributed by atoms with Crippen LogP contribution >= 0.6 is 0 Å². The van der Waals surface area contributed by atoms with Crippen LogP contribution < -0.4 is 10.1 Å². The van der Waals surface area contributed by atoms with Crippen LogP contribution in [0.15, 0.2) is 18.2 Å². The Bertz CT molecular complexity index is 653. The van der Waals surface area contributed by atoms with E-state index in [1.807, 2.05) is 32.1 Å². The first-order valence-corrected chi connectivity index (χ1v) is 9.00. The Kier molecular flexibility index (Phi) is 7.06. The van der Waals surface area contributed by atoms with Gasteiger partial charge >= 0.3 is 6.09 Å². The Labute approximate surface area is 155 Å². The summed E-state index contributed by atoms with van der Waals surface area (Å²) in [5, 5.41) is 3.01. The molecule has 2 amide bonds. The summed E-state index contributed by atoms with van der Waals surface area (Å²) in [6, 6.07) is 3.99. The van der Waals surface area contributed by atoms with Gasteiger partial charge in [0.05, 0.1) is 13.7 Å². The number of nitrogens with zero attached hydrogens (tertiary/aromatic N) is 1. The Hall–Kier alpha value is -2.50. The van der Waals surface area contributed by atoms with Gasteiger partial charge in [-0.15, -0.1) is 0 Å². The lowest BCUT2D eigenvalue weighted by atomic mass is 10.0. The zero-order valence-corrected chi connectivity index (χ0v) is 16.0. The first kappa shape index (κ1) is 19.8. The SMILES string of the molecule is CCOC(=O)N1CCC(NC(=O)/C=C/c2c(C)cc(OC)cc2C)CC1. The molecule has 0 aromatic heterocycles. The Morgan fingerprint density at radius 3 is 2.38 bits per heavy atom. The van der Waals surface area contributed by atoms with Crippen LogP contribution in [0.1, 0.15) is 36.5 Å². The first-order valence-electron chi connectivity index (χ1n) is 9.00. The van der Waals surface area contributed by atoms with Gasteiger partial charge < -0.3 is 19.7 Å². The Balaban J connectivity index is 1.88. The molecule has 0 bridgehead atoms. The van der Waals surface area contributed by atoms with E-state index in [1.165, 1.54) is 0 Å². The fraction of sp³-hybridized carbons (Fsp3) is 0.500. The number of carbonyl (C=O) groups excluding carboxylic acids is 2. The number of benzene rings is 1. The maximum Gasteiger partial charge on any atom is 0.409 e. The van der Waals surface area contributed by atoms with Crippen molar-refractivity contribution in [3.05, 3.63) is 34.9 Å². The number of aryl methyl sites for hydroxylation is 2. The lowest BCUT2D eigenvalue weighted by Gasteiger charge is -2.31. The van der Waals surface area contributed by atoms with Crippen molar-refractivity contribution in [3.63, 3.8) is 0 Å². The third kappa shape index (κ3) is 5.25. The number of hydrogen-bond acceptors (Lipinski definition) is 4. The summed E-state index contributed by atoms with van der Waals surface area (Å²) in [7, 11) is 1.64. The highest BCUT2D eigenvalue weighted by Gasteiger charge is 2.24. The quantitative estimate of drug-likeness (QED) is 0.820. The van der Waals surface area contributed by atoms with Crippen LogP contribution in [0.2, 0.25) is 0 Å². The van der Waals surface area contributed by atoms with E-state index in [1.54, 1.807) is 25.0 Å². The molecule has 6 heteroatoms. The smallest absolute Gasteiger partial charge is 0.409 e. The van der Waals surface area contributed by atoms with Crippen molar-refractivity contribution in [2.75, 3.05) is 26.8 Å². The second kappa shape index (κ2) is 9.27. The van der Waals surface area contributed by atoms with Crippen LogP contribution in [0, 0.1) is 13.8 Å². The van der Waals surface area contributed by atoms with Gasteiger partial charge in [0.2, 0.25) is 5.91 Å². The minimum Gasteiger partial charge on any atom is -0.497 e. The number of hydrogen-bond donors (Lipinski definition) is 1. The molecular weight excluding hydrogens is 332 g/mol. The molecule has 2 rings (SSSR count). The summed E-state index contributed by atoms with van der Waals surface area (Å²) in [5.74, 6) is 0.698. The highest BCUT2D eigenvalue weighted by atomic mass is 16.6. The first-order chi connectivity index (χ1) is 12.4. The fourth-order valence-corrected chi connectivity index (χ4v) is 3.15. The molecule has 1 heterocycles. The van der Waals surface area contributed by atoms with Crippen molar-refractivity contribution in [3.8, 4) is 5.75 Å². The molecule has 1 saturated heterocycles. The number of amides is 2. The molecule has 1 aliphatic heterocycles. The summed E-state index contributed by atoms with van der Waals surface area (Å²) in [5.41, 5.74) is 3.15. The van der Waals surface area contributed by atoms with Crippen molar-refractivity contribution >= 4 is 18.1 Å². The molecule has 26 heavy (non-hydrogen) atoms. The maximum absolute atomic E-state index is 12.2. The number of ether oxygens (including phenoxy) is 2. The molecule has 0 radical (unpaired) electrons. The zero-order valence-electron chi connectivity index (χ0n) is 16.0. The molecule has 142 valence electrons. The number of nitrogens with one attached hydrogen (secondary N) is 1. The van der Waals surface area contributed by atoms with E-state index >= 15 is 0 Å². The van der Waals surface area contributed by atoms with Crippen LogP contribution in [0.3, 0.4) is 0 Å². The van der Waals surface area contributed by atoms with Gasteiger partial charge in [0, 0.05) is 25.2 Å². The standard InChI is InChI=1S/C20H28N2O4/c1-5-26-20(24)22-10-8-16(9-11-22)21-19(23)7-6-18-14(2)12-17(25-4)13-15(18)3/h6-7,12-13,16H,5,8-11H2,1-4H3,(H,21,23)/b7-6+. The number of methoxy groups -OCH3 is 1. The van der Waals surface area contributed by atoms with Crippen molar-refractivity contribution in [2.24, 2.45) is 0 Å². The van der Waals surface area contributed by atoms with E-state index in [9.17, 15) is 9.59 Å². The summed E-state index contributed by atoms with van der Waals surface area (Å²) < 4.78 is 10.3. The van der Waals surface area contributed by atoms with Crippen LogP contribution in [-0.2, 0) is 9.53 Å². The summed E-state index contributed by atoms with van der Waals surface area (Å²) >= 11 is 0. The number of carbonyl (C=O) groups is 2. The monoisotopic (exact) mass is 360 g/mol. The van der Waals surface area contributed by atoms with Gasteiger partial charge in [0.25, 0.3) is 0 Å². The molecule has 0 saturated carbocycles. The second-order valence-electron chi connectivity index (χ2n) is 6.48. The van der Waals surface area contributed by atoms with Gasteiger partial charge in [-0.25, -0.2) is 4.79 Å². The molecule has 1 aliphatic rings. The van der Waals surface area contributed by atoms with Crippen LogP contribution in [0.5, 0.6) is 5.75 Å². The van der Waals surface area contributed by atoms with Gasteiger partial charge in [-0.05, 0) is 68.5 Å². The highest BCUT2D eigenvalue weighted by molar-refractivity contribution is 5.92. The summed E-state index contributed by atoms with van der Waals surface area (Å²) in [4.78, 5) is 25.6. The van der Waals surface area contributed by atoms with E-state index in [-0.39, 0.29) is 18.0 Å². The topological polar surface area (TPSA) is 67.9 Å². The van der Waals surface area contributed by atoms with E-state index in [0.717, 1.165) is 35.3 Å². The molecule has 1 N–H and O–H groups in total. The van der Waals surface area contributed by atoms with Crippen LogP contribution in [-0.4, -0.2) is 49.7 Å². The average Bonchev–Trinajstić information content (AvgIpc) is 2.61. The molecular formula is C20H28N2O4. The van der Waals surface area contributed by atoms with Crippen LogP contribution in [0.25, 0.3) is 6.08 Å². The molecule has 6 nitrogen and oxygen atoms in total. The molecule has 1 aromatic rings. The summed E-state index contributed by atoms with van der Waals surface area (Å²) in [6.07, 6.45) is 4.60. The molecule has 1 fully saturated rings. The second-order valence-corrected chi connectivity index (χ2v) is 6.48. The summed E-state index contributed by atoms with van der Waals surface area (Å²) in [6.45, 7) is 7.37. The lowest BCUT2D eigenvalue weighted by molar-refractivity contribution is -0.117. The van der Waals surface area contributed by atoms with Crippen molar-refractivity contribution in [2.45, 2.75) is 39.7 Å². The predicted octanol–water partition coefficient (Wildman–Crippen LogP) is 3.06. The molecule has 0 unspecified atom stereocenters. The molecule has 0 atom stereocenters. The number of piperidine rings is 1. The van der Waals surface area contributed by atoms with Crippen molar-refractivity contribution in [1.82, 2.24) is 10.2 Å². The van der Waals surface area contributed by atoms with Gasteiger partial charge in [-0.2, -0.15) is 0 Å². The Morgan fingerprint density at radius 1 is 1.23 bits per heavy atom. The third-order valence-electron chi connectivity index (χ3n) is 4.57. The van der Waals surface area contributed by atoms with Gasteiger partial charge in [0.15, 0.2) is 0 Å². The lowest BCUT2D eigenvalue weighted by Crippen LogP contribution is -2.46. The minimum absolute atomic E-state index is 0.0795. The van der Waals surface area contributed by atoms with Gasteiger partial charge in [0.1, 0.15) is 5.75 Å². The number of likely N-dealkylation sites (tertiary alicyclic amines) is 1.